The van der Waals surface area contributed by atoms with Gasteiger partial charge in [-0.2, -0.15) is 0 Å². The zero-order valence-electron chi connectivity index (χ0n) is 22.9. The summed E-state index contributed by atoms with van der Waals surface area (Å²) in [7, 11) is 3.60. The van der Waals surface area contributed by atoms with Crippen LogP contribution in [-0.2, 0) is 23.9 Å². The fourth-order valence-corrected chi connectivity index (χ4v) is 5.26. The average molecular weight is 613 g/mol. The van der Waals surface area contributed by atoms with Crippen LogP contribution in [0.4, 0.5) is 5.69 Å². The highest BCUT2D eigenvalue weighted by atomic mass is 35.5. The predicted octanol–water partition coefficient (Wildman–Crippen LogP) is 2.29. The van der Waals surface area contributed by atoms with Crippen molar-refractivity contribution >= 4 is 52.9 Å². The quantitative estimate of drug-likeness (QED) is 0.289. The Kier molecular flexibility index (Phi) is 12.9. The van der Waals surface area contributed by atoms with Gasteiger partial charge in [0.2, 0.25) is 0 Å². The number of benzene rings is 2. The third-order valence-electron chi connectivity index (χ3n) is 6.04. The first kappa shape index (κ1) is 33.8. The van der Waals surface area contributed by atoms with Gasteiger partial charge in [-0.05, 0) is 49.5 Å². The van der Waals surface area contributed by atoms with Crippen LogP contribution in [-0.4, -0.2) is 101 Å². The largest absolute Gasteiger partial charge is 0.497 e. The minimum absolute atomic E-state index is 0.242. The molecule has 0 aliphatic carbocycles. The number of aliphatic hydroxyl groups excluding tert-OH is 2. The van der Waals surface area contributed by atoms with Gasteiger partial charge >= 0.3 is 17.9 Å². The number of rotatable bonds is 10. The number of halogens is 1. The molecule has 1 amide bonds. The number of carbonyl (C=O) groups is 4. The first-order valence-electron chi connectivity index (χ1n) is 12.4. The average Bonchev–Trinajstić information content (AvgIpc) is 3.04. The van der Waals surface area contributed by atoms with Crippen LogP contribution in [0.5, 0.6) is 5.75 Å². The van der Waals surface area contributed by atoms with Gasteiger partial charge in [-0.15, -0.1) is 11.8 Å². The van der Waals surface area contributed by atoms with E-state index < -0.39 is 41.5 Å². The number of aliphatic carboxylic acids is 2. The minimum Gasteiger partial charge on any atom is -0.497 e. The smallest absolute Gasteiger partial charge is 0.335 e. The van der Waals surface area contributed by atoms with Gasteiger partial charge in [-0.1, -0.05) is 30.7 Å². The topological polar surface area (TPSA) is 174 Å². The number of hydrogen-bond acceptors (Lipinski definition) is 10. The number of likely N-dealkylation sites (N-methyl/N-ethyl adjacent to an activating group) is 1. The number of amides is 1. The number of esters is 1. The molecule has 0 aromatic heterocycles. The summed E-state index contributed by atoms with van der Waals surface area (Å²) in [5, 5.41) is 32.7. The Hall–Kier alpha value is -3.36. The molecule has 1 aliphatic rings. The van der Waals surface area contributed by atoms with Crippen LogP contribution < -0.4 is 9.64 Å². The first-order chi connectivity index (χ1) is 19.3. The lowest BCUT2D eigenvalue weighted by Crippen LogP contribution is -2.45. The third kappa shape index (κ3) is 9.33. The monoisotopic (exact) mass is 612 g/mol. The van der Waals surface area contributed by atoms with Gasteiger partial charge in [0.05, 0.1) is 18.0 Å². The Balaban J connectivity index is 0.000000503. The van der Waals surface area contributed by atoms with Crippen molar-refractivity contribution in [3.63, 3.8) is 0 Å². The Morgan fingerprint density at radius 3 is 2.15 bits per heavy atom. The van der Waals surface area contributed by atoms with Crippen molar-refractivity contribution in [1.29, 1.82) is 0 Å². The van der Waals surface area contributed by atoms with E-state index in [1.165, 1.54) is 18.7 Å². The van der Waals surface area contributed by atoms with Crippen molar-refractivity contribution in [1.82, 2.24) is 4.90 Å². The van der Waals surface area contributed by atoms with E-state index in [4.69, 9.17) is 41.5 Å². The second-order valence-electron chi connectivity index (χ2n) is 8.91. The Labute approximate surface area is 246 Å². The van der Waals surface area contributed by atoms with Gasteiger partial charge < -0.3 is 39.7 Å². The lowest BCUT2D eigenvalue weighted by molar-refractivity contribution is -0.165. The van der Waals surface area contributed by atoms with E-state index in [-0.39, 0.29) is 5.91 Å². The molecule has 1 heterocycles. The Bertz CT molecular complexity index is 1210. The molecular formula is C27H33ClN2O10S. The molecule has 2 aromatic rings. The van der Waals surface area contributed by atoms with E-state index in [1.54, 1.807) is 18.1 Å². The number of thioether (sulfide) groups is 1. The van der Waals surface area contributed by atoms with Crippen molar-refractivity contribution in [2.75, 3.05) is 38.7 Å². The molecule has 4 atom stereocenters. The molecule has 3 rings (SSSR count). The van der Waals surface area contributed by atoms with Gasteiger partial charge in [-0.3, -0.25) is 9.59 Å². The highest BCUT2D eigenvalue weighted by Gasteiger charge is 2.41. The summed E-state index contributed by atoms with van der Waals surface area (Å²) in [5.41, 5.74) is 1.64. The molecule has 12 nitrogen and oxygen atoms in total. The van der Waals surface area contributed by atoms with Crippen LogP contribution in [0.25, 0.3) is 0 Å². The molecule has 4 N–H and O–H groups in total. The Morgan fingerprint density at radius 1 is 1.07 bits per heavy atom. The van der Waals surface area contributed by atoms with Crippen LogP contribution in [0.2, 0.25) is 5.02 Å². The van der Waals surface area contributed by atoms with Crippen molar-refractivity contribution in [3.05, 3.63) is 53.1 Å². The summed E-state index contributed by atoms with van der Waals surface area (Å²) in [6.07, 6.45) is -5.50. The molecule has 1 aliphatic heterocycles. The summed E-state index contributed by atoms with van der Waals surface area (Å²) < 4.78 is 10.9. The number of ether oxygens (including phenoxy) is 2. The molecule has 41 heavy (non-hydrogen) atoms. The number of aliphatic hydroxyl groups is 2. The van der Waals surface area contributed by atoms with Crippen molar-refractivity contribution in [2.45, 2.75) is 42.3 Å². The van der Waals surface area contributed by atoms with Crippen LogP contribution in [0.3, 0.4) is 0 Å². The lowest BCUT2D eigenvalue weighted by atomic mass is 10.1. The number of methoxy groups -OCH3 is 1. The molecule has 0 saturated heterocycles. The highest BCUT2D eigenvalue weighted by Crippen LogP contribution is 2.47. The first-order valence-corrected chi connectivity index (χ1v) is 13.6. The van der Waals surface area contributed by atoms with Crippen LogP contribution in [0.1, 0.15) is 24.7 Å². The molecular weight excluding hydrogens is 580 g/mol. The fourth-order valence-electron chi connectivity index (χ4n) is 3.66. The SMILES string of the molecule is CCN(C)CCN1C(=O)[C@H](OC(C)=O)[C@H](c2ccc(OC)cc2)Sc2cc(Cl)ccc21.O=C(O)[C@H](O)[C@@H](O)C(=O)O. The summed E-state index contributed by atoms with van der Waals surface area (Å²) in [6, 6.07) is 13.0. The zero-order valence-corrected chi connectivity index (χ0v) is 24.5. The minimum atomic E-state index is -2.27. The van der Waals surface area contributed by atoms with Crippen LogP contribution in [0, 0.1) is 0 Å². The van der Waals surface area contributed by atoms with Gasteiger partial charge in [0.1, 0.15) is 5.75 Å². The number of carboxylic acid groups (broad SMARTS) is 2. The molecule has 0 fully saturated rings. The normalized spacial score (nSPS) is 17.9. The number of nitrogens with zero attached hydrogens (tertiary/aromatic N) is 2. The number of carboxylic acids is 2. The molecule has 0 radical (unpaired) electrons. The van der Waals surface area contributed by atoms with E-state index >= 15 is 0 Å². The Morgan fingerprint density at radius 2 is 1.66 bits per heavy atom. The van der Waals surface area contributed by atoms with E-state index in [9.17, 15) is 19.2 Å². The number of hydrogen-bond donors (Lipinski definition) is 4. The number of carbonyl (C=O) groups excluding carboxylic acids is 2. The van der Waals surface area contributed by atoms with Crippen molar-refractivity contribution < 1.29 is 49.1 Å². The predicted molar refractivity (Wildman–Crippen MR) is 151 cm³/mol. The summed E-state index contributed by atoms with van der Waals surface area (Å²) in [4.78, 5) is 49.9. The van der Waals surface area contributed by atoms with E-state index in [0.717, 1.165) is 22.7 Å². The van der Waals surface area contributed by atoms with Gasteiger partial charge in [0, 0.05) is 29.9 Å². The number of fused-ring (bicyclic) bond motifs is 1. The van der Waals surface area contributed by atoms with E-state index in [0.29, 0.717) is 23.9 Å². The molecule has 0 bridgehead atoms. The highest BCUT2D eigenvalue weighted by molar-refractivity contribution is 7.99. The van der Waals surface area contributed by atoms with Gasteiger partial charge in [0.15, 0.2) is 18.3 Å². The molecule has 0 unspecified atom stereocenters. The lowest BCUT2D eigenvalue weighted by Gasteiger charge is -2.29. The van der Waals surface area contributed by atoms with Crippen molar-refractivity contribution in [3.8, 4) is 5.75 Å². The fraction of sp³-hybridized carbons (Fsp3) is 0.407. The van der Waals surface area contributed by atoms with E-state index in [1.807, 2.05) is 43.4 Å². The van der Waals surface area contributed by atoms with Gasteiger partial charge in [-0.25, -0.2) is 9.59 Å². The van der Waals surface area contributed by atoms with Gasteiger partial charge in [0.25, 0.3) is 5.91 Å². The van der Waals surface area contributed by atoms with Crippen LogP contribution >= 0.6 is 23.4 Å². The summed E-state index contributed by atoms with van der Waals surface area (Å²) >= 11 is 7.77. The second kappa shape index (κ2) is 15.6. The summed E-state index contributed by atoms with van der Waals surface area (Å²) in [5.74, 6) is -3.56. The standard InChI is InChI=1S/C23H27ClN2O4S.C4H6O6/c1-5-25(3)12-13-26-19-11-8-17(24)14-20(19)31-22(21(23(26)28)30-15(2)27)16-6-9-18(29-4)10-7-16;5-1(3(7)8)2(6)4(9)10/h6-11,14,21-22H,5,12-13H2,1-4H3;1-2,5-6H,(H,7,8)(H,9,10)/t21-,22+;1-,2-/m11/s1. The second-order valence-corrected chi connectivity index (χ2v) is 10.5. The molecule has 14 heteroatoms. The molecule has 0 spiro atoms. The van der Waals surface area contributed by atoms with Crippen molar-refractivity contribution in [2.24, 2.45) is 0 Å². The molecule has 2 aromatic carbocycles. The van der Waals surface area contributed by atoms with E-state index in [2.05, 4.69) is 11.8 Å². The third-order valence-corrected chi connectivity index (χ3v) is 7.63. The summed E-state index contributed by atoms with van der Waals surface area (Å²) in [6.45, 7) is 5.43. The maximum Gasteiger partial charge on any atom is 0.335 e. The molecule has 0 saturated carbocycles. The van der Waals surface area contributed by atoms with Crippen LogP contribution in [0.15, 0.2) is 47.4 Å². The maximum absolute atomic E-state index is 13.7. The molecule has 224 valence electrons. The maximum atomic E-state index is 13.7. The zero-order chi connectivity index (χ0) is 30.9. The number of anilines is 1.